The number of carbonyl (C=O) groups is 1. The molecule has 1 N–H and O–H groups in total. The highest BCUT2D eigenvalue weighted by Crippen LogP contribution is 1.93. The lowest BCUT2D eigenvalue weighted by atomic mass is 10.5. The minimum atomic E-state index is -0.565. The maximum atomic E-state index is 10.7. The summed E-state index contributed by atoms with van der Waals surface area (Å²) in [5.74, 6) is -0.565. The van der Waals surface area contributed by atoms with Crippen LogP contribution in [0.3, 0.4) is 0 Å². The molecule has 0 aliphatic rings. The Hall–Kier alpha value is -1.43. The molecule has 0 spiro atoms. The number of ether oxygens (including phenoxy) is 1. The molecular weight excluding hydrogens is 150 g/mol. The molecule has 0 atom stereocenters. The standard InChI is InChI=1S/C5H7N3O3/c1-11-5(10)4-2-8(3-9)7-6-4/h2,9H,3H2,1H3. The Balaban J connectivity index is 2.80. The molecule has 0 fully saturated rings. The van der Waals surface area contributed by atoms with E-state index in [1.54, 1.807) is 0 Å². The van der Waals surface area contributed by atoms with Gasteiger partial charge in [-0.05, 0) is 0 Å². The van der Waals surface area contributed by atoms with Gasteiger partial charge in [-0.15, -0.1) is 5.10 Å². The molecule has 6 heteroatoms. The summed E-state index contributed by atoms with van der Waals surface area (Å²) in [6.07, 6.45) is 1.30. The lowest BCUT2D eigenvalue weighted by Gasteiger charge is -1.89. The number of aliphatic hydroxyl groups is 1. The Morgan fingerprint density at radius 2 is 2.64 bits per heavy atom. The van der Waals surface area contributed by atoms with Crippen LogP contribution in [0.4, 0.5) is 0 Å². The average molecular weight is 157 g/mol. The molecular formula is C5H7N3O3. The smallest absolute Gasteiger partial charge is 0.360 e. The van der Waals surface area contributed by atoms with Crippen LogP contribution < -0.4 is 0 Å². The van der Waals surface area contributed by atoms with Gasteiger partial charge in [0.2, 0.25) is 0 Å². The maximum absolute atomic E-state index is 10.7. The van der Waals surface area contributed by atoms with E-state index in [0.717, 1.165) is 4.68 Å². The first-order chi connectivity index (χ1) is 5.27. The van der Waals surface area contributed by atoms with Crippen molar-refractivity contribution in [1.82, 2.24) is 15.0 Å². The molecule has 0 saturated carbocycles. The van der Waals surface area contributed by atoms with Gasteiger partial charge in [0.25, 0.3) is 0 Å². The SMILES string of the molecule is COC(=O)c1cn(CO)nn1. The third-order valence-corrected chi connectivity index (χ3v) is 1.08. The highest BCUT2D eigenvalue weighted by Gasteiger charge is 2.09. The van der Waals surface area contributed by atoms with Crippen molar-refractivity contribution in [3.8, 4) is 0 Å². The van der Waals surface area contributed by atoms with Gasteiger partial charge in [0.1, 0.15) is 6.73 Å². The number of nitrogens with zero attached hydrogens (tertiary/aromatic N) is 3. The molecule has 0 saturated heterocycles. The fourth-order valence-corrected chi connectivity index (χ4v) is 0.566. The Morgan fingerprint density at radius 3 is 3.09 bits per heavy atom. The van der Waals surface area contributed by atoms with Gasteiger partial charge < -0.3 is 9.84 Å². The summed E-state index contributed by atoms with van der Waals surface area (Å²) < 4.78 is 5.47. The molecule has 1 heterocycles. The Labute approximate surface area is 62.4 Å². The number of rotatable bonds is 2. The number of methoxy groups -OCH3 is 1. The second kappa shape index (κ2) is 3.11. The van der Waals surface area contributed by atoms with Crippen LogP contribution in [-0.2, 0) is 11.5 Å². The van der Waals surface area contributed by atoms with Crippen LogP contribution >= 0.6 is 0 Å². The van der Waals surface area contributed by atoms with E-state index in [9.17, 15) is 4.79 Å². The summed E-state index contributed by atoms with van der Waals surface area (Å²) in [4.78, 5) is 10.7. The molecule has 0 bridgehead atoms. The van der Waals surface area contributed by atoms with Crippen LogP contribution in [0.5, 0.6) is 0 Å². The molecule has 0 aromatic carbocycles. The Morgan fingerprint density at radius 1 is 1.91 bits per heavy atom. The quantitative estimate of drug-likeness (QED) is 0.558. The highest BCUT2D eigenvalue weighted by molar-refractivity contribution is 5.86. The van der Waals surface area contributed by atoms with Crippen molar-refractivity contribution in [3.05, 3.63) is 11.9 Å². The van der Waals surface area contributed by atoms with Gasteiger partial charge in [0.15, 0.2) is 5.69 Å². The van der Waals surface area contributed by atoms with Crippen LogP contribution in [0.2, 0.25) is 0 Å². The van der Waals surface area contributed by atoms with Gasteiger partial charge in [-0.25, -0.2) is 9.48 Å². The summed E-state index contributed by atoms with van der Waals surface area (Å²) in [5.41, 5.74) is 0.0848. The van der Waals surface area contributed by atoms with E-state index in [1.165, 1.54) is 13.3 Å². The number of hydrogen-bond acceptors (Lipinski definition) is 5. The lowest BCUT2D eigenvalue weighted by Crippen LogP contribution is -2.01. The van der Waals surface area contributed by atoms with Crippen molar-refractivity contribution in [2.75, 3.05) is 7.11 Å². The van der Waals surface area contributed by atoms with Gasteiger partial charge in [-0.1, -0.05) is 5.21 Å². The molecule has 1 rings (SSSR count). The topological polar surface area (TPSA) is 77.2 Å². The van der Waals surface area contributed by atoms with E-state index in [0.29, 0.717) is 0 Å². The van der Waals surface area contributed by atoms with Gasteiger partial charge in [-0.3, -0.25) is 0 Å². The molecule has 0 aliphatic heterocycles. The normalized spacial score (nSPS) is 9.64. The summed E-state index contributed by atoms with van der Waals surface area (Å²) >= 11 is 0. The van der Waals surface area contributed by atoms with E-state index >= 15 is 0 Å². The maximum Gasteiger partial charge on any atom is 0.360 e. The van der Waals surface area contributed by atoms with Crippen molar-refractivity contribution in [2.45, 2.75) is 6.73 Å². The number of esters is 1. The molecule has 0 aliphatic carbocycles. The number of aliphatic hydroxyl groups excluding tert-OH is 1. The van der Waals surface area contributed by atoms with E-state index < -0.39 is 5.97 Å². The van der Waals surface area contributed by atoms with E-state index in [-0.39, 0.29) is 12.4 Å². The molecule has 0 unspecified atom stereocenters. The second-order valence-electron chi connectivity index (χ2n) is 1.78. The summed E-state index contributed by atoms with van der Waals surface area (Å²) in [7, 11) is 1.25. The first kappa shape index (κ1) is 7.67. The van der Waals surface area contributed by atoms with E-state index in [4.69, 9.17) is 5.11 Å². The van der Waals surface area contributed by atoms with Crippen molar-refractivity contribution in [3.63, 3.8) is 0 Å². The van der Waals surface area contributed by atoms with Gasteiger partial charge in [-0.2, -0.15) is 0 Å². The van der Waals surface area contributed by atoms with Crippen LogP contribution in [0.1, 0.15) is 10.5 Å². The van der Waals surface area contributed by atoms with Crippen LogP contribution in [-0.4, -0.2) is 33.2 Å². The number of hydrogen-bond donors (Lipinski definition) is 1. The minimum Gasteiger partial charge on any atom is -0.464 e. The number of carbonyl (C=O) groups excluding carboxylic acids is 1. The fourth-order valence-electron chi connectivity index (χ4n) is 0.566. The molecule has 0 amide bonds. The molecule has 0 radical (unpaired) electrons. The summed E-state index contributed by atoms with van der Waals surface area (Å²) in [6, 6.07) is 0. The predicted molar refractivity (Wildman–Crippen MR) is 33.6 cm³/mol. The van der Waals surface area contributed by atoms with E-state index in [2.05, 4.69) is 15.0 Å². The largest absolute Gasteiger partial charge is 0.464 e. The molecule has 11 heavy (non-hydrogen) atoms. The van der Waals surface area contributed by atoms with Crippen LogP contribution in [0, 0.1) is 0 Å². The third kappa shape index (κ3) is 1.53. The van der Waals surface area contributed by atoms with Crippen LogP contribution in [0.15, 0.2) is 6.20 Å². The zero-order valence-corrected chi connectivity index (χ0v) is 5.89. The summed E-state index contributed by atoms with van der Waals surface area (Å²) in [6.45, 7) is -0.302. The van der Waals surface area contributed by atoms with Crippen molar-refractivity contribution in [1.29, 1.82) is 0 Å². The molecule has 6 nitrogen and oxygen atoms in total. The van der Waals surface area contributed by atoms with Gasteiger partial charge in [0, 0.05) is 0 Å². The summed E-state index contributed by atoms with van der Waals surface area (Å²) in [5, 5.41) is 15.4. The fraction of sp³-hybridized carbons (Fsp3) is 0.400. The number of aromatic nitrogens is 3. The molecule has 1 aromatic heterocycles. The highest BCUT2D eigenvalue weighted by atomic mass is 16.5. The second-order valence-corrected chi connectivity index (χ2v) is 1.78. The van der Waals surface area contributed by atoms with Crippen LogP contribution in [0.25, 0.3) is 0 Å². The van der Waals surface area contributed by atoms with Crippen molar-refractivity contribution < 1.29 is 14.6 Å². The van der Waals surface area contributed by atoms with Gasteiger partial charge >= 0.3 is 5.97 Å². The average Bonchev–Trinajstić information content (AvgIpc) is 2.50. The first-order valence-corrected chi connectivity index (χ1v) is 2.87. The third-order valence-electron chi connectivity index (χ3n) is 1.08. The zero-order chi connectivity index (χ0) is 8.27. The molecule has 1 aromatic rings. The zero-order valence-electron chi connectivity index (χ0n) is 5.89. The predicted octanol–water partition coefficient (Wildman–Crippen LogP) is -0.986. The Bertz CT molecular complexity index is 257. The minimum absolute atomic E-state index is 0.0848. The lowest BCUT2D eigenvalue weighted by molar-refractivity contribution is 0.0594. The van der Waals surface area contributed by atoms with Gasteiger partial charge in [0.05, 0.1) is 13.3 Å². The Kier molecular flexibility index (Phi) is 2.17. The monoisotopic (exact) mass is 157 g/mol. The van der Waals surface area contributed by atoms with Crippen molar-refractivity contribution >= 4 is 5.97 Å². The van der Waals surface area contributed by atoms with Crippen molar-refractivity contribution in [2.24, 2.45) is 0 Å². The van der Waals surface area contributed by atoms with E-state index in [1.807, 2.05) is 0 Å². The first-order valence-electron chi connectivity index (χ1n) is 2.87. The molecule has 60 valence electrons.